The quantitative estimate of drug-likeness (QED) is 0.741. The molecule has 0 fully saturated rings. The molecule has 5 heteroatoms. The third kappa shape index (κ3) is 3.51. The van der Waals surface area contributed by atoms with Gasteiger partial charge in [0, 0.05) is 40.1 Å². The van der Waals surface area contributed by atoms with E-state index < -0.39 is 0 Å². The number of amides is 1. The summed E-state index contributed by atoms with van der Waals surface area (Å²) in [6.45, 7) is 8.27. The van der Waals surface area contributed by atoms with E-state index in [1.165, 1.54) is 16.0 Å². The van der Waals surface area contributed by atoms with Crippen molar-refractivity contribution in [2.45, 2.75) is 46.6 Å². The summed E-state index contributed by atoms with van der Waals surface area (Å²) < 4.78 is 0. The maximum atomic E-state index is 12.5. The number of carbonyl (C=O) groups is 1. The highest BCUT2D eigenvalue weighted by atomic mass is 32.1. The average Bonchev–Trinajstić information content (AvgIpc) is 3.09. The summed E-state index contributed by atoms with van der Waals surface area (Å²) in [5.41, 5.74) is 7.57. The molecule has 0 spiro atoms. The van der Waals surface area contributed by atoms with Gasteiger partial charge in [0.05, 0.1) is 11.9 Å². The van der Waals surface area contributed by atoms with Crippen LogP contribution in [0.5, 0.6) is 0 Å². The Kier molecular flexibility index (Phi) is 4.71. The number of nitrogens with one attached hydrogen (secondary N) is 2. The molecule has 2 aromatic heterocycles. The van der Waals surface area contributed by atoms with Gasteiger partial charge in [0.25, 0.3) is 0 Å². The van der Waals surface area contributed by atoms with Gasteiger partial charge in [0.2, 0.25) is 5.91 Å². The fraction of sp³-hybridized carbons (Fsp3) is 0.368. The first-order chi connectivity index (χ1) is 11.4. The van der Waals surface area contributed by atoms with Gasteiger partial charge in [-0.1, -0.05) is 11.6 Å². The Hall–Kier alpha value is -2.14. The van der Waals surface area contributed by atoms with Crippen molar-refractivity contribution in [1.29, 1.82) is 0 Å². The van der Waals surface area contributed by atoms with Gasteiger partial charge in [-0.3, -0.25) is 9.78 Å². The molecule has 1 aromatic carbocycles. The minimum atomic E-state index is 0.0650. The number of hydrogen-bond acceptors (Lipinski definition) is 3. The molecule has 0 radical (unpaired) electrons. The molecule has 0 saturated carbocycles. The van der Waals surface area contributed by atoms with E-state index in [9.17, 15) is 4.79 Å². The fourth-order valence-electron chi connectivity index (χ4n) is 3.25. The summed E-state index contributed by atoms with van der Waals surface area (Å²) in [6.07, 6.45) is 3.09. The van der Waals surface area contributed by atoms with Crippen LogP contribution in [-0.4, -0.2) is 21.9 Å². The molecule has 0 saturated heterocycles. The largest absolute Gasteiger partial charge is 0.358 e. The van der Waals surface area contributed by atoms with E-state index in [4.69, 9.17) is 0 Å². The monoisotopic (exact) mass is 341 g/mol. The van der Waals surface area contributed by atoms with E-state index >= 15 is 0 Å². The molecule has 0 aliphatic rings. The summed E-state index contributed by atoms with van der Waals surface area (Å²) in [5.74, 6) is 0.0650. The Bertz CT molecular complexity index is 864. The molecule has 2 N–H and O–H groups in total. The Morgan fingerprint density at radius 1 is 1.33 bits per heavy atom. The molecule has 1 atom stereocenters. The minimum absolute atomic E-state index is 0.0650. The molecule has 3 rings (SSSR count). The third-order valence-corrected chi connectivity index (χ3v) is 5.11. The van der Waals surface area contributed by atoms with E-state index in [0.29, 0.717) is 6.42 Å². The molecule has 1 amide bonds. The molecule has 126 valence electrons. The summed E-state index contributed by atoms with van der Waals surface area (Å²) in [4.78, 5) is 21.2. The Balaban J connectivity index is 1.74. The number of benzene rings is 1. The van der Waals surface area contributed by atoms with Crippen molar-refractivity contribution >= 4 is 28.1 Å². The lowest BCUT2D eigenvalue weighted by Gasteiger charge is -2.13. The van der Waals surface area contributed by atoms with Crippen LogP contribution in [-0.2, 0) is 17.6 Å². The first-order valence-corrected chi connectivity index (χ1v) is 9.07. The van der Waals surface area contributed by atoms with Crippen LogP contribution >= 0.6 is 11.3 Å². The fourth-order valence-corrected chi connectivity index (χ4v) is 3.97. The number of aromatic amines is 1. The van der Waals surface area contributed by atoms with E-state index in [-0.39, 0.29) is 11.9 Å². The maximum Gasteiger partial charge on any atom is 0.224 e. The van der Waals surface area contributed by atoms with Crippen LogP contribution in [0.2, 0.25) is 0 Å². The molecule has 1 unspecified atom stereocenters. The van der Waals surface area contributed by atoms with Gasteiger partial charge in [-0.15, -0.1) is 11.3 Å². The molecule has 4 nitrogen and oxygen atoms in total. The SMILES string of the molecule is Cc1cc(C)c2[nH]c(C)c(CC(=O)NC(C)Cc3cncs3)c2c1. The normalized spacial score (nSPS) is 12.5. The van der Waals surface area contributed by atoms with Crippen LogP contribution in [0.15, 0.2) is 23.8 Å². The second-order valence-corrected chi connectivity index (χ2v) is 7.52. The maximum absolute atomic E-state index is 12.5. The van der Waals surface area contributed by atoms with Gasteiger partial charge in [0.1, 0.15) is 0 Å². The van der Waals surface area contributed by atoms with Crippen molar-refractivity contribution in [2.75, 3.05) is 0 Å². The van der Waals surface area contributed by atoms with Gasteiger partial charge in [-0.05, 0) is 44.9 Å². The lowest BCUT2D eigenvalue weighted by atomic mass is 10.0. The van der Waals surface area contributed by atoms with Crippen molar-refractivity contribution in [1.82, 2.24) is 15.3 Å². The van der Waals surface area contributed by atoms with Gasteiger partial charge in [-0.2, -0.15) is 0 Å². The summed E-state index contributed by atoms with van der Waals surface area (Å²) in [6, 6.07) is 4.43. The predicted octanol–water partition coefficient (Wildman–Crippen LogP) is 3.84. The van der Waals surface area contributed by atoms with Crippen molar-refractivity contribution in [3.63, 3.8) is 0 Å². The highest BCUT2D eigenvalue weighted by Crippen LogP contribution is 2.26. The van der Waals surface area contributed by atoms with Crippen molar-refractivity contribution in [2.24, 2.45) is 0 Å². The zero-order valence-electron chi connectivity index (χ0n) is 14.6. The molecule has 2 heterocycles. The smallest absolute Gasteiger partial charge is 0.224 e. The standard InChI is InChI=1S/C19H23N3OS/c1-11-5-12(2)19-17(6-11)16(14(4)22-19)8-18(23)21-13(3)7-15-9-20-10-24-15/h5-6,9-10,13,22H,7-8H2,1-4H3,(H,21,23). The van der Waals surface area contributed by atoms with Crippen LogP contribution in [0.1, 0.15) is 34.2 Å². The second-order valence-electron chi connectivity index (χ2n) is 6.55. The van der Waals surface area contributed by atoms with Gasteiger partial charge < -0.3 is 10.3 Å². The average molecular weight is 341 g/mol. The zero-order valence-corrected chi connectivity index (χ0v) is 15.4. The Morgan fingerprint density at radius 3 is 2.83 bits per heavy atom. The van der Waals surface area contributed by atoms with E-state index in [1.54, 1.807) is 11.3 Å². The van der Waals surface area contributed by atoms with Gasteiger partial charge >= 0.3 is 0 Å². The molecule has 3 aromatic rings. The summed E-state index contributed by atoms with van der Waals surface area (Å²) in [7, 11) is 0. The van der Waals surface area contributed by atoms with E-state index in [0.717, 1.165) is 28.6 Å². The number of nitrogens with zero attached hydrogens (tertiary/aromatic N) is 1. The number of fused-ring (bicyclic) bond motifs is 1. The van der Waals surface area contributed by atoms with Crippen molar-refractivity contribution in [3.05, 3.63) is 51.1 Å². The Labute approximate surface area is 146 Å². The number of carbonyl (C=O) groups excluding carboxylic acids is 1. The van der Waals surface area contributed by atoms with Crippen molar-refractivity contribution < 1.29 is 4.79 Å². The highest BCUT2D eigenvalue weighted by Gasteiger charge is 2.16. The number of H-pyrrole nitrogens is 1. The minimum Gasteiger partial charge on any atom is -0.358 e. The molecule has 0 bridgehead atoms. The third-order valence-electron chi connectivity index (χ3n) is 4.31. The van der Waals surface area contributed by atoms with Crippen LogP contribution < -0.4 is 5.32 Å². The summed E-state index contributed by atoms with van der Waals surface area (Å²) >= 11 is 1.62. The first-order valence-electron chi connectivity index (χ1n) is 8.19. The lowest BCUT2D eigenvalue weighted by molar-refractivity contribution is -0.121. The van der Waals surface area contributed by atoms with Crippen LogP contribution in [0.3, 0.4) is 0 Å². The molecular weight excluding hydrogens is 318 g/mol. The lowest BCUT2D eigenvalue weighted by Crippen LogP contribution is -2.35. The van der Waals surface area contributed by atoms with Gasteiger partial charge in [0.15, 0.2) is 0 Å². The van der Waals surface area contributed by atoms with E-state index in [1.807, 2.05) is 25.6 Å². The number of hydrogen-bond donors (Lipinski definition) is 2. The van der Waals surface area contributed by atoms with Crippen LogP contribution in [0.25, 0.3) is 10.9 Å². The highest BCUT2D eigenvalue weighted by molar-refractivity contribution is 7.09. The summed E-state index contributed by atoms with van der Waals surface area (Å²) in [5, 5.41) is 4.27. The van der Waals surface area contributed by atoms with Crippen molar-refractivity contribution in [3.8, 4) is 0 Å². The molecule has 0 aliphatic carbocycles. The number of aromatic nitrogens is 2. The number of aryl methyl sites for hydroxylation is 3. The van der Waals surface area contributed by atoms with Crippen LogP contribution in [0.4, 0.5) is 0 Å². The topological polar surface area (TPSA) is 57.8 Å². The van der Waals surface area contributed by atoms with E-state index in [2.05, 4.69) is 41.3 Å². The predicted molar refractivity (Wildman–Crippen MR) is 99.6 cm³/mol. The number of thiazole rings is 1. The zero-order chi connectivity index (χ0) is 17.3. The molecule has 24 heavy (non-hydrogen) atoms. The number of rotatable bonds is 5. The van der Waals surface area contributed by atoms with Crippen LogP contribution in [0, 0.1) is 20.8 Å². The Morgan fingerprint density at radius 2 is 2.12 bits per heavy atom. The second kappa shape index (κ2) is 6.77. The molecular formula is C19H23N3OS. The molecule has 0 aliphatic heterocycles. The van der Waals surface area contributed by atoms with Gasteiger partial charge in [-0.25, -0.2) is 0 Å². The first kappa shape index (κ1) is 16.7.